The summed E-state index contributed by atoms with van der Waals surface area (Å²) in [5.41, 5.74) is 7.33. The maximum Gasteiger partial charge on any atom is 0.308 e. The maximum atomic E-state index is 12.6. The van der Waals surface area contributed by atoms with Crippen LogP contribution in [0.4, 0.5) is 5.69 Å². The fraction of sp³-hybridized carbons (Fsp3) is 0.571. The van der Waals surface area contributed by atoms with Crippen molar-refractivity contribution >= 4 is 35.8 Å². The molecule has 2 fully saturated rings. The molecule has 1 heterocycles. The molecule has 0 aromatic heterocycles. The van der Waals surface area contributed by atoms with Crippen LogP contribution in [-0.2, 0) is 14.3 Å². The Morgan fingerprint density at radius 1 is 1.03 bits per heavy atom. The van der Waals surface area contributed by atoms with Gasteiger partial charge in [0.1, 0.15) is 5.84 Å². The minimum atomic E-state index is -0.131. The van der Waals surface area contributed by atoms with Gasteiger partial charge in [-0.05, 0) is 62.8 Å². The van der Waals surface area contributed by atoms with Gasteiger partial charge in [0.2, 0.25) is 5.91 Å². The van der Waals surface area contributed by atoms with Crippen LogP contribution in [0.3, 0.4) is 0 Å². The lowest BCUT2D eigenvalue weighted by Crippen LogP contribution is -2.45. The Balaban J connectivity index is 0.00000300. The van der Waals surface area contributed by atoms with Gasteiger partial charge in [-0.15, -0.1) is 12.4 Å². The predicted molar refractivity (Wildman–Crippen MR) is 116 cm³/mol. The number of carbonyl (C=O) groups is 2. The molecular formula is C21H31ClN4O3. The van der Waals surface area contributed by atoms with Crippen LogP contribution in [0.25, 0.3) is 0 Å². The molecular weight excluding hydrogens is 392 g/mol. The Kier molecular flexibility index (Phi) is 8.32. The second kappa shape index (κ2) is 10.5. The molecule has 0 radical (unpaired) electrons. The first kappa shape index (κ1) is 23.0. The summed E-state index contributed by atoms with van der Waals surface area (Å²) in [4.78, 5) is 26.5. The molecule has 1 saturated carbocycles. The number of carbonyl (C=O) groups excluding carboxylic acids is 2. The number of piperidine rings is 1. The number of nitrogens with one attached hydrogen (secondary N) is 2. The van der Waals surface area contributed by atoms with Gasteiger partial charge in [-0.25, -0.2) is 0 Å². The third-order valence-electron chi connectivity index (χ3n) is 6.02. The van der Waals surface area contributed by atoms with Gasteiger partial charge in [-0.2, -0.15) is 0 Å². The lowest BCUT2D eigenvalue weighted by atomic mass is 9.85. The lowest BCUT2D eigenvalue weighted by Gasteiger charge is -2.34. The van der Waals surface area contributed by atoms with E-state index in [2.05, 4.69) is 10.2 Å². The number of methoxy groups -OCH3 is 1. The Hall–Kier alpha value is -2.28. The molecule has 3 rings (SSSR count). The predicted octanol–water partition coefficient (Wildman–Crippen LogP) is 2.46. The van der Waals surface area contributed by atoms with E-state index in [1.165, 1.54) is 7.11 Å². The molecule has 7 nitrogen and oxygen atoms in total. The highest BCUT2D eigenvalue weighted by Crippen LogP contribution is 2.27. The van der Waals surface area contributed by atoms with E-state index in [9.17, 15) is 9.59 Å². The van der Waals surface area contributed by atoms with Gasteiger partial charge in [0.15, 0.2) is 0 Å². The molecule has 2 aliphatic rings. The van der Waals surface area contributed by atoms with Crippen molar-refractivity contribution in [3.05, 3.63) is 29.8 Å². The van der Waals surface area contributed by atoms with E-state index < -0.39 is 0 Å². The van der Waals surface area contributed by atoms with Gasteiger partial charge in [0, 0.05) is 36.3 Å². The van der Waals surface area contributed by atoms with Crippen molar-refractivity contribution in [1.82, 2.24) is 5.32 Å². The zero-order valence-electron chi connectivity index (χ0n) is 16.9. The van der Waals surface area contributed by atoms with Crippen LogP contribution in [0.1, 0.15) is 44.1 Å². The van der Waals surface area contributed by atoms with Crippen molar-refractivity contribution in [1.29, 1.82) is 5.41 Å². The Morgan fingerprint density at radius 2 is 1.62 bits per heavy atom. The van der Waals surface area contributed by atoms with Crippen molar-refractivity contribution in [3.63, 3.8) is 0 Å². The van der Waals surface area contributed by atoms with E-state index in [4.69, 9.17) is 15.9 Å². The van der Waals surface area contributed by atoms with Crippen LogP contribution in [0.5, 0.6) is 0 Å². The van der Waals surface area contributed by atoms with E-state index in [0.717, 1.165) is 62.9 Å². The summed E-state index contributed by atoms with van der Waals surface area (Å²) in [5, 5.41) is 10.7. The summed E-state index contributed by atoms with van der Waals surface area (Å²) in [6.07, 6.45) is 4.91. The van der Waals surface area contributed by atoms with Gasteiger partial charge in [-0.1, -0.05) is 0 Å². The van der Waals surface area contributed by atoms with Crippen LogP contribution >= 0.6 is 12.4 Å². The van der Waals surface area contributed by atoms with Crippen LogP contribution in [0.15, 0.2) is 24.3 Å². The molecule has 1 saturated heterocycles. The van der Waals surface area contributed by atoms with Crippen molar-refractivity contribution in [2.75, 3.05) is 25.1 Å². The first-order chi connectivity index (χ1) is 13.5. The minimum Gasteiger partial charge on any atom is -0.469 e. The van der Waals surface area contributed by atoms with E-state index in [-0.39, 0.29) is 48.0 Å². The molecule has 0 bridgehead atoms. The zero-order chi connectivity index (χ0) is 20.1. The molecule has 0 spiro atoms. The Bertz CT molecular complexity index is 709. The largest absolute Gasteiger partial charge is 0.469 e. The zero-order valence-corrected chi connectivity index (χ0v) is 17.7. The van der Waals surface area contributed by atoms with E-state index in [1.54, 1.807) is 0 Å². The van der Waals surface area contributed by atoms with Gasteiger partial charge < -0.3 is 20.7 Å². The molecule has 0 unspecified atom stereocenters. The highest BCUT2D eigenvalue weighted by molar-refractivity contribution is 5.95. The van der Waals surface area contributed by atoms with Crippen LogP contribution in [-0.4, -0.2) is 44.0 Å². The molecule has 160 valence electrons. The first-order valence-corrected chi connectivity index (χ1v) is 10.1. The number of amides is 1. The summed E-state index contributed by atoms with van der Waals surface area (Å²) >= 11 is 0. The fourth-order valence-corrected chi connectivity index (χ4v) is 4.21. The number of rotatable bonds is 5. The highest BCUT2D eigenvalue weighted by atomic mass is 35.5. The number of anilines is 1. The fourth-order valence-electron chi connectivity index (χ4n) is 4.21. The number of nitrogen functional groups attached to an aromatic ring is 1. The van der Waals surface area contributed by atoms with Crippen molar-refractivity contribution in [3.8, 4) is 0 Å². The van der Waals surface area contributed by atoms with Gasteiger partial charge in [0.05, 0.1) is 13.0 Å². The molecule has 4 N–H and O–H groups in total. The minimum absolute atomic E-state index is 0. The number of hydrogen-bond acceptors (Lipinski definition) is 5. The second-order valence-electron chi connectivity index (χ2n) is 7.80. The van der Waals surface area contributed by atoms with Gasteiger partial charge in [0.25, 0.3) is 0 Å². The number of amidine groups is 1. The Labute approximate surface area is 178 Å². The molecule has 1 aromatic carbocycles. The van der Waals surface area contributed by atoms with E-state index >= 15 is 0 Å². The first-order valence-electron chi connectivity index (χ1n) is 10.1. The van der Waals surface area contributed by atoms with E-state index in [1.807, 2.05) is 24.3 Å². The SMILES string of the molecule is COC(=O)[C@H]1CC[C@H](NC(=O)C2CCN(c3ccc(C(=N)N)cc3)CC2)CC1.Cl. The smallest absolute Gasteiger partial charge is 0.308 e. The number of esters is 1. The monoisotopic (exact) mass is 422 g/mol. The molecule has 1 aliphatic heterocycles. The average molecular weight is 423 g/mol. The molecule has 1 aromatic rings. The second-order valence-corrected chi connectivity index (χ2v) is 7.80. The maximum absolute atomic E-state index is 12.6. The van der Waals surface area contributed by atoms with Crippen molar-refractivity contribution in [2.45, 2.75) is 44.6 Å². The summed E-state index contributed by atoms with van der Waals surface area (Å²) in [6.45, 7) is 1.68. The molecule has 8 heteroatoms. The van der Waals surface area contributed by atoms with Gasteiger partial charge >= 0.3 is 5.97 Å². The normalized spacial score (nSPS) is 22.3. The molecule has 1 aliphatic carbocycles. The van der Waals surface area contributed by atoms with Crippen molar-refractivity contribution < 1.29 is 14.3 Å². The average Bonchev–Trinajstić information content (AvgIpc) is 2.74. The lowest BCUT2D eigenvalue weighted by molar-refractivity contribution is -0.146. The highest BCUT2D eigenvalue weighted by Gasteiger charge is 2.30. The van der Waals surface area contributed by atoms with Crippen LogP contribution in [0.2, 0.25) is 0 Å². The van der Waals surface area contributed by atoms with Crippen LogP contribution in [0, 0.1) is 17.2 Å². The number of benzene rings is 1. The number of nitrogens with two attached hydrogens (primary N) is 1. The molecule has 0 atom stereocenters. The van der Waals surface area contributed by atoms with E-state index in [0.29, 0.717) is 0 Å². The number of halogens is 1. The number of nitrogens with zero attached hydrogens (tertiary/aromatic N) is 1. The van der Waals surface area contributed by atoms with Gasteiger partial charge in [-0.3, -0.25) is 15.0 Å². The summed E-state index contributed by atoms with van der Waals surface area (Å²) in [7, 11) is 1.43. The number of hydrogen-bond donors (Lipinski definition) is 3. The summed E-state index contributed by atoms with van der Waals surface area (Å²) in [5.74, 6) is 0.117. The summed E-state index contributed by atoms with van der Waals surface area (Å²) in [6, 6.07) is 7.86. The summed E-state index contributed by atoms with van der Waals surface area (Å²) < 4.78 is 4.82. The molecule has 1 amide bonds. The van der Waals surface area contributed by atoms with Crippen molar-refractivity contribution in [2.24, 2.45) is 17.6 Å². The Morgan fingerprint density at radius 3 is 2.14 bits per heavy atom. The third kappa shape index (κ3) is 5.85. The third-order valence-corrected chi connectivity index (χ3v) is 6.02. The standard InChI is InChI=1S/C21H30N4O3.ClH/c1-28-21(27)16-2-6-17(7-3-16)24-20(26)15-10-12-25(13-11-15)18-8-4-14(5-9-18)19(22)23;/h4-5,8-9,15-17H,2-3,6-7,10-13H2,1H3,(H3,22,23)(H,24,26);1H/t16-,17-;. The quantitative estimate of drug-likeness (QED) is 0.383. The number of ether oxygens (including phenoxy) is 1. The molecule has 29 heavy (non-hydrogen) atoms. The topological polar surface area (TPSA) is 109 Å². The van der Waals surface area contributed by atoms with Crippen LogP contribution < -0.4 is 16.0 Å².